The van der Waals surface area contributed by atoms with Crippen molar-refractivity contribution < 1.29 is 36.6 Å². The van der Waals surface area contributed by atoms with Gasteiger partial charge in [-0.05, 0) is 211 Å². The quantitative estimate of drug-likeness (QED) is 0.0329. The Morgan fingerprint density at radius 1 is 0.250 bits per heavy atom. The predicted octanol–water partition coefficient (Wildman–Crippen LogP) is 30.2. The van der Waals surface area contributed by atoms with Gasteiger partial charge >= 0.3 is 0 Å². The molecule has 0 fully saturated rings. The number of rotatable bonds is 40. The molecular weight excluding hydrogens is 1760 g/mol. The molecule has 4 heterocycles. The summed E-state index contributed by atoms with van der Waals surface area (Å²) in [6.07, 6.45) is 30.1. The summed E-state index contributed by atoms with van der Waals surface area (Å²) in [5, 5.41) is 35.2. The monoisotopic (exact) mass is 1850 g/mol. The number of aromatic nitrogens is 8. The van der Waals surface area contributed by atoms with Gasteiger partial charge < -0.3 is 36.6 Å². The minimum absolute atomic E-state index is 0.339. The number of halogens is 8. The summed E-state index contributed by atoms with van der Waals surface area (Å²) < 4.78 is 50.3. The molecule has 0 amide bonds. The van der Waals surface area contributed by atoms with E-state index < -0.39 is 0 Å². The van der Waals surface area contributed by atoms with E-state index >= 15 is 0 Å². The number of hydrogen-bond acceptors (Lipinski definition) is 16. The van der Waals surface area contributed by atoms with Crippen LogP contribution in [-0.2, 0) is 0 Å². The molecule has 0 unspecified atom stereocenters. The third-order valence-electron chi connectivity index (χ3n) is 17.7. The average molecular weight is 1860 g/mol. The van der Waals surface area contributed by atoms with Crippen molar-refractivity contribution in [2.24, 2.45) is 0 Å². The van der Waals surface area contributed by atoms with Gasteiger partial charge in [0.15, 0.2) is 0 Å². The second kappa shape index (κ2) is 49.4. The maximum absolute atomic E-state index is 6.20. The fourth-order valence-corrected chi connectivity index (χ4v) is 14.5. The third-order valence-corrected chi connectivity index (χ3v) is 20.8. The van der Waals surface area contributed by atoms with Gasteiger partial charge in [0.2, 0.25) is 47.1 Å². The Morgan fingerprint density at radius 3 is 0.893 bits per heavy atom. The highest BCUT2D eigenvalue weighted by molar-refractivity contribution is 9.11. The van der Waals surface area contributed by atoms with Crippen molar-refractivity contribution in [3.63, 3.8) is 0 Å². The summed E-state index contributed by atoms with van der Waals surface area (Å²) >= 11 is 38.3. The zero-order valence-corrected chi connectivity index (χ0v) is 73.2. The van der Waals surface area contributed by atoms with Crippen LogP contribution in [0.15, 0.2) is 205 Å². The molecule has 16 nitrogen and oxygen atoms in total. The minimum Gasteiger partial charge on any atom is -0.494 e. The van der Waals surface area contributed by atoms with Gasteiger partial charge in [0, 0.05) is 66.3 Å². The topological polar surface area (TPSA) is 193 Å². The van der Waals surface area contributed by atoms with Crippen molar-refractivity contribution in [2.45, 2.75) is 182 Å². The number of benzene rings is 8. The summed E-state index contributed by atoms with van der Waals surface area (Å²) in [5.74, 6) is 6.95. The summed E-state index contributed by atoms with van der Waals surface area (Å²) in [5.41, 5.74) is 6.42. The summed E-state index contributed by atoms with van der Waals surface area (Å²) in [4.78, 5) is 0. The lowest BCUT2D eigenvalue weighted by Gasteiger charge is -2.06. The van der Waals surface area contributed by atoms with Crippen LogP contribution < -0.4 is 18.9 Å². The first kappa shape index (κ1) is 88.5. The fraction of sp³-hybridized carbons (Fsp3) is 0.364. The molecular formula is C88H96Br4Cl4N8O8. The Bertz CT molecular complexity index is 4360. The molecule has 24 heteroatoms. The maximum atomic E-state index is 6.20. The second-order valence-corrected chi connectivity index (χ2v) is 32.1. The van der Waals surface area contributed by atoms with Gasteiger partial charge in [-0.25, -0.2) is 0 Å². The molecule has 0 N–H and O–H groups in total. The first-order chi connectivity index (χ1) is 54.6. The van der Waals surface area contributed by atoms with Crippen LogP contribution in [0.1, 0.15) is 182 Å². The predicted molar refractivity (Wildman–Crippen MR) is 467 cm³/mol. The van der Waals surface area contributed by atoms with Crippen molar-refractivity contribution in [3.8, 4) is 115 Å². The highest BCUT2D eigenvalue weighted by atomic mass is 79.9. The molecule has 0 aliphatic carbocycles. The second-order valence-electron chi connectivity index (χ2n) is 26.8. The lowest BCUT2D eigenvalue weighted by atomic mass is 10.1. The highest BCUT2D eigenvalue weighted by Crippen LogP contribution is 2.37. The van der Waals surface area contributed by atoms with Crippen LogP contribution in [0.4, 0.5) is 0 Å². The first-order valence-electron chi connectivity index (χ1n) is 38.8. The molecule has 0 aliphatic heterocycles. The van der Waals surface area contributed by atoms with Crippen LogP contribution in [0.25, 0.3) is 91.6 Å². The Balaban J connectivity index is 0.000000171. The number of ether oxygens (including phenoxy) is 4. The van der Waals surface area contributed by atoms with Crippen LogP contribution in [0.5, 0.6) is 23.0 Å². The van der Waals surface area contributed by atoms with E-state index in [1.165, 1.54) is 128 Å². The van der Waals surface area contributed by atoms with Gasteiger partial charge in [0.1, 0.15) is 23.0 Å². The van der Waals surface area contributed by atoms with E-state index in [0.29, 0.717) is 78.3 Å². The SMILES string of the molecule is CCCCCCCCOc1ccc(-c2nnc(-c3cc(Br)cc(Br)c3)o2)cc1.CCCCCCCCOc1ccc(-c2nnc(-c3cc(Br)ccc3Br)o2)cc1.CCCCCCCCOc1ccc(-c2nnc(-c3cc(Cl)cc(Cl)c3)o2)cc1.CCCCCCCCOc1ccc(-c2nnc(-c3cc(Cl)ccc3Cl)o2)cc1. The van der Waals surface area contributed by atoms with Gasteiger partial charge in [-0.15, -0.1) is 40.8 Å². The van der Waals surface area contributed by atoms with Gasteiger partial charge in [0.05, 0.1) is 42.6 Å². The van der Waals surface area contributed by atoms with E-state index in [0.717, 1.165) is 126 Å². The highest BCUT2D eigenvalue weighted by Gasteiger charge is 2.19. The lowest BCUT2D eigenvalue weighted by Crippen LogP contribution is -1.97. The van der Waals surface area contributed by atoms with E-state index in [4.69, 9.17) is 83.0 Å². The molecule has 0 spiro atoms. The standard InChI is InChI=1S/2C22H24Br2N2O2.2C22H24Cl2N2O2/c1-2-3-4-5-6-7-14-27-18-11-8-16(9-12-18)21-25-26-22(28-21)19-15-17(23)10-13-20(19)24;1-2-3-4-5-6-7-12-27-20-10-8-16(9-11-20)21-25-26-22(28-21)17-13-18(23)15-19(24)14-17;1-2-3-4-5-6-7-14-27-18-11-8-16(9-12-18)21-25-26-22(28-21)19-15-17(23)10-13-20(19)24;1-2-3-4-5-6-7-12-27-20-10-8-16(9-11-20)21-25-26-22(28-21)17-13-18(23)15-19(24)14-17/h8-13,15H,2-7,14H2,1H3;8-11,13-15H,2-7,12H2,1H3;8-13,15H,2-7,14H2,1H3;8-11,13-15H,2-7,12H2,1H3. The summed E-state index contributed by atoms with van der Waals surface area (Å²) in [6, 6.07) is 52.9. The zero-order chi connectivity index (χ0) is 79.1. The van der Waals surface area contributed by atoms with E-state index in [9.17, 15) is 0 Å². The number of hydrogen-bond donors (Lipinski definition) is 0. The molecule has 112 heavy (non-hydrogen) atoms. The lowest BCUT2D eigenvalue weighted by molar-refractivity contribution is 0.304. The van der Waals surface area contributed by atoms with E-state index in [-0.39, 0.29) is 0 Å². The maximum Gasteiger partial charge on any atom is 0.249 e. The first-order valence-corrected chi connectivity index (χ1v) is 43.4. The molecule has 0 saturated carbocycles. The van der Waals surface area contributed by atoms with Crippen molar-refractivity contribution in [2.75, 3.05) is 26.4 Å². The summed E-state index contributed by atoms with van der Waals surface area (Å²) in [7, 11) is 0. The molecule has 12 aromatic rings. The normalized spacial score (nSPS) is 11.0. The molecule has 4 aromatic heterocycles. The smallest absolute Gasteiger partial charge is 0.249 e. The number of unbranched alkanes of at least 4 members (excludes halogenated alkanes) is 20. The molecule has 0 bridgehead atoms. The Labute approximate surface area is 712 Å². The van der Waals surface area contributed by atoms with Crippen molar-refractivity contribution in [3.05, 3.63) is 208 Å². The van der Waals surface area contributed by atoms with E-state index in [1.54, 1.807) is 36.4 Å². The van der Waals surface area contributed by atoms with Crippen LogP contribution in [0.2, 0.25) is 20.1 Å². The van der Waals surface area contributed by atoms with Gasteiger partial charge in [0.25, 0.3) is 0 Å². The van der Waals surface area contributed by atoms with Gasteiger partial charge in [-0.2, -0.15) is 0 Å². The Hall–Kier alpha value is -7.40. The molecule has 0 saturated heterocycles. The van der Waals surface area contributed by atoms with Gasteiger partial charge in [-0.1, -0.05) is 250 Å². The molecule has 12 rings (SSSR count). The molecule has 0 atom stereocenters. The zero-order valence-electron chi connectivity index (χ0n) is 63.8. The molecule has 8 aromatic carbocycles. The fourth-order valence-electron chi connectivity index (χ4n) is 11.6. The van der Waals surface area contributed by atoms with Crippen molar-refractivity contribution >= 4 is 110 Å². The van der Waals surface area contributed by atoms with E-state index in [1.807, 2.05) is 133 Å². The number of nitrogens with zero attached hydrogens (tertiary/aromatic N) is 8. The van der Waals surface area contributed by atoms with Gasteiger partial charge in [-0.3, -0.25) is 0 Å². The van der Waals surface area contributed by atoms with Crippen LogP contribution in [-0.4, -0.2) is 67.2 Å². The van der Waals surface area contributed by atoms with Crippen LogP contribution in [0, 0.1) is 0 Å². The van der Waals surface area contributed by atoms with Crippen LogP contribution >= 0.6 is 110 Å². The van der Waals surface area contributed by atoms with Crippen LogP contribution in [0.3, 0.4) is 0 Å². The molecule has 0 radical (unpaired) electrons. The minimum atomic E-state index is 0.339. The molecule has 592 valence electrons. The van der Waals surface area contributed by atoms with E-state index in [2.05, 4.69) is 132 Å². The third kappa shape index (κ3) is 30.4. The molecule has 0 aliphatic rings. The summed E-state index contributed by atoms with van der Waals surface area (Å²) in [6.45, 7) is 11.9. The van der Waals surface area contributed by atoms with Crippen molar-refractivity contribution in [1.29, 1.82) is 0 Å². The Morgan fingerprint density at radius 2 is 0.545 bits per heavy atom. The largest absolute Gasteiger partial charge is 0.494 e. The Kier molecular flexibility index (Phi) is 39.0. The van der Waals surface area contributed by atoms with Crippen molar-refractivity contribution in [1.82, 2.24) is 40.8 Å². The average Bonchev–Trinajstić information content (AvgIpc) is 1.71.